The Morgan fingerprint density at radius 3 is 2.42 bits per heavy atom. The number of carbonyl (C=O) groups excluding carboxylic acids is 3. The molecule has 1 aromatic rings. The lowest BCUT2D eigenvalue weighted by Crippen LogP contribution is -2.46. The summed E-state index contributed by atoms with van der Waals surface area (Å²) in [5.74, 6) is -0.443. The molecule has 0 atom stereocenters. The minimum absolute atomic E-state index is 0.0725. The van der Waals surface area contributed by atoms with E-state index in [1.807, 2.05) is 0 Å². The second-order valence-corrected chi connectivity index (χ2v) is 5.58. The van der Waals surface area contributed by atoms with Crippen molar-refractivity contribution >= 4 is 24.0 Å². The fourth-order valence-corrected chi connectivity index (χ4v) is 2.48. The Balaban J connectivity index is 1.74. The number of piperazine rings is 1. The van der Waals surface area contributed by atoms with Gasteiger partial charge in [-0.25, -0.2) is 4.79 Å². The summed E-state index contributed by atoms with van der Waals surface area (Å²) in [5.41, 5.74) is 1.11. The van der Waals surface area contributed by atoms with Crippen LogP contribution in [0.2, 0.25) is 0 Å². The van der Waals surface area contributed by atoms with Gasteiger partial charge in [0.05, 0.1) is 12.2 Å². The number of benzene rings is 1. The Kier molecular flexibility index (Phi) is 6.74. The molecule has 0 aliphatic carbocycles. The Bertz CT molecular complexity index is 566. The number of nitrogens with one attached hydrogen (secondary N) is 1. The first kappa shape index (κ1) is 17.9. The second-order valence-electron chi connectivity index (χ2n) is 5.58. The number of rotatable bonds is 7. The van der Waals surface area contributed by atoms with Crippen molar-refractivity contribution in [2.24, 2.45) is 0 Å². The molecule has 7 heteroatoms. The second kappa shape index (κ2) is 9.02. The zero-order valence-corrected chi connectivity index (χ0v) is 13.9. The summed E-state index contributed by atoms with van der Waals surface area (Å²) in [6.45, 7) is 5.75. The topological polar surface area (TPSA) is 79.0 Å². The number of anilines is 1. The number of ether oxygens (including phenoxy) is 1. The zero-order valence-electron chi connectivity index (χ0n) is 13.9. The largest absolute Gasteiger partial charge is 0.462 e. The summed E-state index contributed by atoms with van der Waals surface area (Å²) in [5, 5.41) is 2.82. The van der Waals surface area contributed by atoms with Gasteiger partial charge in [0.2, 0.25) is 12.3 Å². The molecule has 1 aliphatic rings. The lowest BCUT2D eigenvalue weighted by atomic mass is 10.2. The van der Waals surface area contributed by atoms with Crippen LogP contribution in [0.4, 0.5) is 5.69 Å². The molecule has 7 nitrogen and oxygen atoms in total. The van der Waals surface area contributed by atoms with Crippen LogP contribution in [-0.4, -0.2) is 67.4 Å². The van der Waals surface area contributed by atoms with Gasteiger partial charge in [-0.2, -0.15) is 0 Å². The van der Waals surface area contributed by atoms with E-state index in [9.17, 15) is 14.4 Å². The minimum atomic E-state index is -0.371. The molecule has 24 heavy (non-hydrogen) atoms. The number of hydrogen-bond donors (Lipinski definition) is 1. The first-order chi connectivity index (χ1) is 11.6. The van der Waals surface area contributed by atoms with E-state index in [0.717, 1.165) is 19.5 Å². The van der Waals surface area contributed by atoms with Gasteiger partial charge in [-0.05, 0) is 31.2 Å². The van der Waals surface area contributed by atoms with Crippen molar-refractivity contribution in [2.45, 2.75) is 13.3 Å². The van der Waals surface area contributed by atoms with Crippen molar-refractivity contribution in [3.8, 4) is 0 Å². The van der Waals surface area contributed by atoms with Crippen LogP contribution in [0.25, 0.3) is 0 Å². The van der Waals surface area contributed by atoms with E-state index in [0.29, 0.717) is 43.9 Å². The molecular formula is C17H23N3O4. The van der Waals surface area contributed by atoms with Gasteiger partial charge in [0.1, 0.15) is 0 Å². The van der Waals surface area contributed by atoms with Gasteiger partial charge in [0, 0.05) is 44.8 Å². The van der Waals surface area contributed by atoms with E-state index in [1.165, 1.54) is 0 Å². The maximum Gasteiger partial charge on any atom is 0.338 e. The third-order valence-electron chi connectivity index (χ3n) is 3.89. The van der Waals surface area contributed by atoms with E-state index in [1.54, 1.807) is 36.1 Å². The Morgan fingerprint density at radius 1 is 1.17 bits per heavy atom. The summed E-state index contributed by atoms with van der Waals surface area (Å²) >= 11 is 0. The van der Waals surface area contributed by atoms with Crippen LogP contribution < -0.4 is 5.32 Å². The Labute approximate surface area is 141 Å². The van der Waals surface area contributed by atoms with Crippen LogP contribution in [0.3, 0.4) is 0 Å². The van der Waals surface area contributed by atoms with E-state index in [4.69, 9.17) is 4.74 Å². The van der Waals surface area contributed by atoms with Crippen LogP contribution in [0.5, 0.6) is 0 Å². The molecule has 0 saturated carbocycles. The fourth-order valence-electron chi connectivity index (χ4n) is 2.48. The summed E-state index contributed by atoms with van der Waals surface area (Å²) in [4.78, 5) is 38.1. The standard InChI is InChI=1S/C17H23N3O4/c1-2-24-17(23)14-3-5-15(6-4-14)18-16(22)7-8-19-9-11-20(13-21)12-10-19/h3-6,13H,2,7-12H2,1H3,(H,18,22). The summed E-state index contributed by atoms with van der Waals surface area (Å²) in [6, 6.07) is 6.64. The third kappa shape index (κ3) is 5.34. The monoisotopic (exact) mass is 333 g/mol. The first-order valence-electron chi connectivity index (χ1n) is 8.11. The van der Waals surface area contributed by atoms with E-state index < -0.39 is 0 Å². The van der Waals surface area contributed by atoms with Crippen molar-refractivity contribution in [3.05, 3.63) is 29.8 Å². The average Bonchev–Trinajstić information content (AvgIpc) is 2.61. The van der Waals surface area contributed by atoms with E-state index >= 15 is 0 Å². The van der Waals surface area contributed by atoms with Crippen molar-refractivity contribution in [1.82, 2.24) is 9.80 Å². The molecule has 0 radical (unpaired) electrons. The highest BCUT2D eigenvalue weighted by atomic mass is 16.5. The van der Waals surface area contributed by atoms with Crippen molar-refractivity contribution < 1.29 is 19.1 Å². The van der Waals surface area contributed by atoms with E-state index in [2.05, 4.69) is 10.2 Å². The highest BCUT2D eigenvalue weighted by Gasteiger charge is 2.16. The predicted octanol–water partition coefficient (Wildman–Crippen LogP) is 0.966. The average molecular weight is 333 g/mol. The molecular weight excluding hydrogens is 310 g/mol. The van der Waals surface area contributed by atoms with E-state index in [-0.39, 0.29) is 11.9 Å². The molecule has 1 aliphatic heterocycles. The van der Waals surface area contributed by atoms with Crippen LogP contribution in [0.15, 0.2) is 24.3 Å². The third-order valence-corrected chi connectivity index (χ3v) is 3.89. The van der Waals surface area contributed by atoms with Gasteiger partial charge in [-0.3, -0.25) is 14.5 Å². The molecule has 1 fully saturated rings. The Morgan fingerprint density at radius 2 is 1.83 bits per heavy atom. The summed E-state index contributed by atoms with van der Waals surface area (Å²) < 4.78 is 4.91. The summed E-state index contributed by atoms with van der Waals surface area (Å²) in [6.07, 6.45) is 1.25. The smallest absolute Gasteiger partial charge is 0.338 e. The number of nitrogens with zero attached hydrogens (tertiary/aromatic N) is 2. The highest BCUT2D eigenvalue weighted by Crippen LogP contribution is 2.11. The maximum atomic E-state index is 12.0. The molecule has 0 aromatic heterocycles. The van der Waals surface area contributed by atoms with Gasteiger partial charge < -0.3 is 15.0 Å². The molecule has 0 spiro atoms. The molecule has 2 rings (SSSR count). The minimum Gasteiger partial charge on any atom is -0.462 e. The molecule has 1 heterocycles. The highest BCUT2D eigenvalue weighted by molar-refractivity contribution is 5.93. The number of carbonyl (C=O) groups is 3. The van der Waals surface area contributed by atoms with Crippen molar-refractivity contribution in [1.29, 1.82) is 0 Å². The molecule has 0 unspecified atom stereocenters. The lowest BCUT2D eigenvalue weighted by Gasteiger charge is -2.32. The quantitative estimate of drug-likeness (QED) is 0.594. The molecule has 130 valence electrons. The molecule has 1 saturated heterocycles. The van der Waals surface area contributed by atoms with Crippen LogP contribution >= 0.6 is 0 Å². The SMILES string of the molecule is CCOC(=O)c1ccc(NC(=O)CCN2CCN(C=O)CC2)cc1. The van der Waals surface area contributed by atoms with Crippen LogP contribution in [0, 0.1) is 0 Å². The number of amides is 2. The number of hydrogen-bond acceptors (Lipinski definition) is 5. The van der Waals surface area contributed by atoms with Crippen LogP contribution in [-0.2, 0) is 14.3 Å². The fraction of sp³-hybridized carbons (Fsp3) is 0.471. The van der Waals surface area contributed by atoms with Gasteiger partial charge in [0.25, 0.3) is 0 Å². The van der Waals surface area contributed by atoms with Gasteiger partial charge in [-0.1, -0.05) is 0 Å². The Hall–Kier alpha value is -2.41. The maximum absolute atomic E-state index is 12.0. The molecule has 1 aromatic carbocycles. The summed E-state index contributed by atoms with van der Waals surface area (Å²) in [7, 11) is 0. The van der Waals surface area contributed by atoms with Gasteiger partial charge in [-0.15, -0.1) is 0 Å². The molecule has 1 N–H and O–H groups in total. The number of esters is 1. The molecule has 2 amide bonds. The zero-order chi connectivity index (χ0) is 17.4. The van der Waals surface area contributed by atoms with Crippen molar-refractivity contribution in [3.63, 3.8) is 0 Å². The van der Waals surface area contributed by atoms with Crippen LogP contribution in [0.1, 0.15) is 23.7 Å². The van der Waals surface area contributed by atoms with Gasteiger partial charge in [0.15, 0.2) is 0 Å². The first-order valence-corrected chi connectivity index (χ1v) is 8.11. The van der Waals surface area contributed by atoms with Gasteiger partial charge >= 0.3 is 5.97 Å². The predicted molar refractivity (Wildman–Crippen MR) is 89.7 cm³/mol. The molecule has 0 bridgehead atoms. The lowest BCUT2D eigenvalue weighted by molar-refractivity contribution is -0.120. The normalized spacial score (nSPS) is 15.0. The van der Waals surface area contributed by atoms with Crippen molar-refractivity contribution in [2.75, 3.05) is 44.6 Å².